The Balaban J connectivity index is 0. The van der Waals surface area contributed by atoms with Gasteiger partial charge in [-0.15, -0.1) is 5.98 Å². The quantitative estimate of drug-likeness (QED) is 0.623. The molecule has 0 unspecified atom stereocenters. The molecule has 0 aromatic rings. The van der Waals surface area contributed by atoms with Crippen LogP contribution in [0.3, 0.4) is 0 Å². The Morgan fingerprint density at radius 2 is 1.73 bits per heavy atom. The SMILES string of the molecule is CC(C)/C(Br)=C/[B-](F)(F)F.[K+]. The van der Waals surface area contributed by atoms with Crippen LogP contribution in [0, 0.1) is 5.92 Å². The van der Waals surface area contributed by atoms with Gasteiger partial charge in [0.25, 0.3) is 0 Å². The maximum absolute atomic E-state index is 11.6. The smallest absolute Gasteiger partial charge is 0.445 e. The maximum atomic E-state index is 11.6. The Kier molecular flexibility index (Phi) is 8.58. The molecule has 0 aromatic heterocycles. The Bertz CT molecular complexity index is 143. The minimum absolute atomic E-state index is 0. The molecular formula is C5H8BBrF3K. The van der Waals surface area contributed by atoms with Gasteiger partial charge in [0.05, 0.1) is 0 Å². The first kappa shape index (κ1) is 15.2. The average molecular weight is 255 g/mol. The van der Waals surface area contributed by atoms with Gasteiger partial charge in [-0.05, 0) is 10.4 Å². The molecule has 0 aliphatic rings. The normalized spacial score (nSPS) is 13.2. The van der Waals surface area contributed by atoms with Crippen molar-refractivity contribution in [1.29, 1.82) is 0 Å². The summed E-state index contributed by atoms with van der Waals surface area (Å²) in [4.78, 5) is 0. The van der Waals surface area contributed by atoms with Gasteiger partial charge >= 0.3 is 58.4 Å². The zero-order chi connectivity index (χ0) is 8.36. The van der Waals surface area contributed by atoms with Crippen LogP contribution < -0.4 is 51.4 Å². The molecule has 0 saturated heterocycles. The van der Waals surface area contributed by atoms with Gasteiger partial charge in [0.1, 0.15) is 0 Å². The molecule has 0 radical (unpaired) electrons. The van der Waals surface area contributed by atoms with E-state index in [1.54, 1.807) is 13.8 Å². The van der Waals surface area contributed by atoms with E-state index in [-0.39, 0.29) is 61.8 Å². The van der Waals surface area contributed by atoms with Crippen molar-refractivity contribution in [3.05, 3.63) is 10.5 Å². The molecule has 0 aliphatic carbocycles. The molecule has 60 valence electrons. The van der Waals surface area contributed by atoms with Crippen molar-refractivity contribution in [2.24, 2.45) is 5.92 Å². The van der Waals surface area contributed by atoms with E-state index in [4.69, 9.17) is 0 Å². The molecule has 0 saturated carbocycles. The van der Waals surface area contributed by atoms with Crippen LogP contribution in [-0.4, -0.2) is 6.98 Å². The van der Waals surface area contributed by atoms with Gasteiger partial charge in [0.15, 0.2) is 0 Å². The van der Waals surface area contributed by atoms with E-state index in [1.807, 2.05) is 0 Å². The Hall–Kier alpha value is 1.71. The third-order valence-corrected chi connectivity index (χ3v) is 2.08. The van der Waals surface area contributed by atoms with Crippen LogP contribution >= 0.6 is 15.9 Å². The average Bonchev–Trinajstić information content (AvgIpc) is 1.60. The van der Waals surface area contributed by atoms with E-state index >= 15 is 0 Å². The summed E-state index contributed by atoms with van der Waals surface area (Å²) in [5.74, 6) is 0.230. The number of hydrogen-bond donors (Lipinski definition) is 0. The third-order valence-electron chi connectivity index (χ3n) is 0.900. The first-order valence-corrected chi connectivity index (χ1v) is 3.70. The first-order chi connectivity index (χ1) is 4.33. The van der Waals surface area contributed by atoms with Crippen molar-refractivity contribution in [1.82, 2.24) is 0 Å². The minimum atomic E-state index is -4.78. The van der Waals surface area contributed by atoms with Gasteiger partial charge in [-0.25, -0.2) is 0 Å². The fourth-order valence-corrected chi connectivity index (χ4v) is 0.673. The van der Waals surface area contributed by atoms with Crippen LogP contribution in [-0.2, 0) is 0 Å². The number of allylic oxidation sites excluding steroid dienone is 1. The standard InChI is InChI=1S/C5H8BBrF3.K/c1-4(2)5(7)3-6(8,9)10;/h3-4H,1-2H3;/q-1;+1/b5-3-;. The zero-order valence-electron chi connectivity index (χ0n) is 6.74. The van der Waals surface area contributed by atoms with Gasteiger partial charge in [0, 0.05) is 0 Å². The van der Waals surface area contributed by atoms with Gasteiger partial charge in [0.2, 0.25) is 0 Å². The van der Waals surface area contributed by atoms with Crippen LogP contribution in [0.15, 0.2) is 10.5 Å². The molecule has 0 nitrogen and oxygen atoms in total. The predicted octanol–water partition coefficient (Wildman–Crippen LogP) is 0.312. The van der Waals surface area contributed by atoms with Crippen molar-refractivity contribution in [3.63, 3.8) is 0 Å². The summed E-state index contributed by atoms with van der Waals surface area (Å²) < 4.78 is 35.1. The minimum Gasteiger partial charge on any atom is -0.445 e. The molecule has 0 N–H and O–H groups in total. The Morgan fingerprint density at radius 1 is 1.36 bits per heavy atom. The van der Waals surface area contributed by atoms with E-state index in [1.165, 1.54) is 0 Å². The molecule has 0 fully saturated rings. The van der Waals surface area contributed by atoms with Crippen molar-refractivity contribution in [3.8, 4) is 0 Å². The second-order valence-electron chi connectivity index (χ2n) is 2.33. The molecule has 0 bridgehead atoms. The van der Waals surface area contributed by atoms with E-state index in [0.29, 0.717) is 5.98 Å². The monoisotopic (exact) mass is 254 g/mol. The summed E-state index contributed by atoms with van der Waals surface area (Å²) >= 11 is 2.83. The second kappa shape index (κ2) is 6.21. The van der Waals surface area contributed by atoms with Crippen LogP contribution in [0.1, 0.15) is 13.8 Å². The Morgan fingerprint density at radius 3 is 1.82 bits per heavy atom. The molecule has 6 heteroatoms. The van der Waals surface area contributed by atoms with Gasteiger partial charge in [-0.2, -0.15) is 0 Å². The van der Waals surface area contributed by atoms with E-state index in [2.05, 4.69) is 15.9 Å². The largest absolute Gasteiger partial charge is 1.00 e. The predicted molar refractivity (Wildman–Crippen MR) is 40.9 cm³/mol. The molecule has 0 amide bonds. The summed E-state index contributed by atoms with van der Waals surface area (Å²) in [5.41, 5.74) is 0. The number of rotatable bonds is 2. The first-order valence-electron chi connectivity index (χ1n) is 2.91. The molecule has 0 spiro atoms. The van der Waals surface area contributed by atoms with Crippen LogP contribution in [0.2, 0.25) is 0 Å². The molecule has 0 heterocycles. The summed E-state index contributed by atoms with van der Waals surface area (Å²) in [6.45, 7) is -1.39. The summed E-state index contributed by atoms with van der Waals surface area (Å²) in [5, 5.41) is 0. The summed E-state index contributed by atoms with van der Waals surface area (Å²) in [6.07, 6.45) is 0. The van der Waals surface area contributed by atoms with E-state index < -0.39 is 6.98 Å². The molecule has 0 aliphatic heterocycles. The van der Waals surface area contributed by atoms with Crippen molar-refractivity contribution >= 4 is 22.9 Å². The second-order valence-corrected chi connectivity index (χ2v) is 3.25. The van der Waals surface area contributed by atoms with Crippen molar-refractivity contribution in [2.75, 3.05) is 0 Å². The molecule has 0 rings (SSSR count). The molecule has 11 heavy (non-hydrogen) atoms. The number of hydrogen-bond acceptors (Lipinski definition) is 0. The maximum Gasteiger partial charge on any atom is 1.00 e. The fraction of sp³-hybridized carbons (Fsp3) is 0.600. The Labute approximate surface area is 116 Å². The van der Waals surface area contributed by atoms with Crippen LogP contribution in [0.25, 0.3) is 0 Å². The van der Waals surface area contributed by atoms with Gasteiger partial charge in [-0.1, -0.05) is 29.8 Å². The molecular weight excluding hydrogens is 247 g/mol. The summed E-state index contributed by atoms with van der Waals surface area (Å²) in [6, 6.07) is 0. The zero-order valence-corrected chi connectivity index (χ0v) is 11.5. The van der Waals surface area contributed by atoms with Crippen LogP contribution in [0.4, 0.5) is 12.9 Å². The molecule has 0 aromatic carbocycles. The van der Waals surface area contributed by atoms with E-state index in [0.717, 1.165) is 0 Å². The van der Waals surface area contributed by atoms with Gasteiger partial charge in [-0.3, -0.25) is 0 Å². The summed E-state index contributed by atoms with van der Waals surface area (Å²) in [7, 11) is 0. The van der Waals surface area contributed by atoms with Crippen LogP contribution in [0.5, 0.6) is 0 Å². The molecule has 0 atom stereocenters. The topological polar surface area (TPSA) is 0 Å². The van der Waals surface area contributed by atoms with E-state index in [9.17, 15) is 12.9 Å². The van der Waals surface area contributed by atoms with Crippen molar-refractivity contribution < 1.29 is 64.3 Å². The van der Waals surface area contributed by atoms with Crippen molar-refractivity contribution in [2.45, 2.75) is 13.8 Å². The van der Waals surface area contributed by atoms with Gasteiger partial charge < -0.3 is 12.9 Å². The fourth-order valence-electron chi connectivity index (χ4n) is 0.373. The number of halogens is 4. The third kappa shape index (κ3) is 9.63.